The standard InChI is InChI=1S/C25H23N3O2S/c1-30-25(29)17-11-13-18(14-12-17)26-23-22-19-9-5-6-10-20(19)31-24(22)28-21(27-23)15-16-7-3-2-4-8-16/h2-4,7-8,11-14H,5-6,9-10,15H2,1H3,(H,26,27,28). The Bertz CT molecular complexity index is 1230. The van der Waals surface area contributed by atoms with E-state index in [4.69, 9.17) is 14.7 Å². The zero-order valence-corrected chi connectivity index (χ0v) is 18.2. The summed E-state index contributed by atoms with van der Waals surface area (Å²) in [4.78, 5) is 24.1. The van der Waals surface area contributed by atoms with E-state index in [9.17, 15) is 4.79 Å². The first-order chi connectivity index (χ1) is 15.2. The Labute approximate surface area is 185 Å². The molecule has 2 heterocycles. The topological polar surface area (TPSA) is 64.1 Å². The van der Waals surface area contributed by atoms with Gasteiger partial charge in [-0.15, -0.1) is 11.3 Å². The smallest absolute Gasteiger partial charge is 0.337 e. The fourth-order valence-corrected chi connectivity index (χ4v) is 5.37. The first kappa shape index (κ1) is 19.7. The number of carbonyl (C=O) groups excluding carboxylic acids is 1. The van der Waals surface area contributed by atoms with Crippen LogP contribution >= 0.6 is 11.3 Å². The maximum atomic E-state index is 11.7. The van der Waals surface area contributed by atoms with Gasteiger partial charge in [0.05, 0.1) is 18.1 Å². The molecule has 1 N–H and O–H groups in total. The summed E-state index contributed by atoms with van der Waals surface area (Å²) in [6.07, 6.45) is 5.33. The summed E-state index contributed by atoms with van der Waals surface area (Å²) in [7, 11) is 1.39. The number of nitrogens with zero attached hydrogens (tertiary/aromatic N) is 2. The molecule has 5 rings (SSSR count). The van der Waals surface area contributed by atoms with E-state index in [0.29, 0.717) is 12.0 Å². The summed E-state index contributed by atoms with van der Waals surface area (Å²) in [5.74, 6) is 1.32. The van der Waals surface area contributed by atoms with Crippen molar-refractivity contribution in [1.82, 2.24) is 9.97 Å². The molecule has 5 nitrogen and oxygen atoms in total. The Balaban J connectivity index is 1.55. The average molecular weight is 430 g/mol. The monoisotopic (exact) mass is 429 g/mol. The number of nitrogens with one attached hydrogen (secondary N) is 1. The highest BCUT2D eigenvalue weighted by molar-refractivity contribution is 7.19. The summed E-state index contributed by atoms with van der Waals surface area (Å²) < 4.78 is 4.80. The minimum atomic E-state index is -0.340. The summed E-state index contributed by atoms with van der Waals surface area (Å²) >= 11 is 1.81. The number of benzene rings is 2. The van der Waals surface area contributed by atoms with Crippen LogP contribution in [0.5, 0.6) is 0 Å². The van der Waals surface area contributed by atoms with Gasteiger partial charge in [0, 0.05) is 17.0 Å². The third kappa shape index (κ3) is 4.03. The van der Waals surface area contributed by atoms with Crippen LogP contribution in [-0.2, 0) is 24.0 Å². The molecule has 1 aliphatic rings. The lowest BCUT2D eigenvalue weighted by molar-refractivity contribution is 0.0601. The van der Waals surface area contributed by atoms with Crippen molar-refractivity contribution < 1.29 is 9.53 Å². The van der Waals surface area contributed by atoms with Crippen molar-refractivity contribution in [2.45, 2.75) is 32.1 Å². The van der Waals surface area contributed by atoms with Gasteiger partial charge >= 0.3 is 5.97 Å². The second-order valence-electron chi connectivity index (χ2n) is 7.74. The van der Waals surface area contributed by atoms with Crippen LogP contribution in [0, 0.1) is 0 Å². The number of esters is 1. The highest BCUT2D eigenvalue weighted by atomic mass is 32.1. The van der Waals surface area contributed by atoms with Gasteiger partial charge in [0.15, 0.2) is 0 Å². The number of thiophene rings is 1. The summed E-state index contributed by atoms with van der Waals surface area (Å²) in [6, 6.07) is 17.6. The number of ether oxygens (including phenoxy) is 1. The van der Waals surface area contributed by atoms with Gasteiger partial charge in [-0.1, -0.05) is 30.3 Å². The Kier molecular flexibility index (Phi) is 5.38. The molecule has 2 aromatic carbocycles. The molecule has 0 saturated heterocycles. The molecular formula is C25H23N3O2S. The van der Waals surface area contributed by atoms with E-state index in [1.807, 2.05) is 30.3 Å². The van der Waals surface area contributed by atoms with Gasteiger partial charge in [-0.05, 0) is 61.1 Å². The molecule has 4 aromatic rings. The Hall–Kier alpha value is -3.25. The van der Waals surface area contributed by atoms with E-state index in [0.717, 1.165) is 40.4 Å². The highest BCUT2D eigenvalue weighted by Crippen LogP contribution is 2.39. The zero-order chi connectivity index (χ0) is 21.2. The normalized spacial score (nSPS) is 13.1. The second kappa shape index (κ2) is 8.47. The van der Waals surface area contributed by atoms with Gasteiger partial charge in [-0.3, -0.25) is 0 Å². The molecule has 1 aliphatic carbocycles. The van der Waals surface area contributed by atoms with Crippen molar-refractivity contribution in [2.24, 2.45) is 0 Å². The largest absolute Gasteiger partial charge is 0.465 e. The quantitative estimate of drug-likeness (QED) is 0.413. The fourth-order valence-electron chi connectivity index (χ4n) is 4.09. The molecule has 0 radical (unpaired) electrons. The van der Waals surface area contributed by atoms with Crippen LogP contribution < -0.4 is 5.32 Å². The number of aromatic nitrogens is 2. The van der Waals surface area contributed by atoms with Crippen molar-refractivity contribution in [3.63, 3.8) is 0 Å². The predicted octanol–water partition coefficient (Wildman–Crippen LogP) is 5.69. The van der Waals surface area contributed by atoms with Crippen LogP contribution in [0.3, 0.4) is 0 Å². The van der Waals surface area contributed by atoms with Gasteiger partial charge in [-0.25, -0.2) is 14.8 Å². The lowest BCUT2D eigenvalue weighted by atomic mass is 9.97. The molecule has 0 aliphatic heterocycles. The molecule has 6 heteroatoms. The van der Waals surface area contributed by atoms with Gasteiger partial charge in [0.2, 0.25) is 0 Å². The minimum absolute atomic E-state index is 0.340. The first-order valence-corrected chi connectivity index (χ1v) is 11.3. The number of hydrogen-bond acceptors (Lipinski definition) is 6. The molecule has 0 spiro atoms. The molecule has 0 atom stereocenters. The number of carbonyl (C=O) groups is 1. The SMILES string of the molecule is COC(=O)c1ccc(Nc2nc(Cc3ccccc3)nc3sc4c(c23)CCCC4)cc1. The number of anilines is 2. The third-order valence-corrected chi connectivity index (χ3v) is 6.82. The van der Waals surface area contributed by atoms with Crippen molar-refractivity contribution >= 4 is 39.0 Å². The van der Waals surface area contributed by atoms with Gasteiger partial charge in [0.1, 0.15) is 16.5 Å². The number of hydrogen-bond donors (Lipinski definition) is 1. The summed E-state index contributed by atoms with van der Waals surface area (Å²) in [6.45, 7) is 0. The Morgan fingerprint density at radius 3 is 2.58 bits per heavy atom. The molecule has 0 amide bonds. The van der Waals surface area contributed by atoms with Gasteiger partial charge < -0.3 is 10.1 Å². The molecule has 0 bridgehead atoms. The van der Waals surface area contributed by atoms with Crippen LogP contribution in [0.4, 0.5) is 11.5 Å². The molecule has 0 fully saturated rings. The van der Waals surface area contributed by atoms with Gasteiger partial charge in [0.25, 0.3) is 0 Å². The summed E-state index contributed by atoms with van der Waals surface area (Å²) in [5.41, 5.74) is 4.00. The Morgan fingerprint density at radius 1 is 1.03 bits per heavy atom. The number of methoxy groups -OCH3 is 1. The van der Waals surface area contributed by atoms with Crippen LogP contribution in [0.2, 0.25) is 0 Å². The molecule has 156 valence electrons. The maximum Gasteiger partial charge on any atom is 0.337 e. The van der Waals surface area contributed by atoms with E-state index in [1.54, 1.807) is 23.5 Å². The molecular weight excluding hydrogens is 406 g/mol. The van der Waals surface area contributed by atoms with Crippen LogP contribution in [-0.4, -0.2) is 23.0 Å². The second-order valence-corrected chi connectivity index (χ2v) is 8.82. The lowest BCUT2D eigenvalue weighted by Crippen LogP contribution is -2.05. The molecule has 2 aromatic heterocycles. The first-order valence-electron chi connectivity index (χ1n) is 10.5. The minimum Gasteiger partial charge on any atom is -0.465 e. The number of rotatable bonds is 5. The highest BCUT2D eigenvalue weighted by Gasteiger charge is 2.21. The van der Waals surface area contributed by atoms with E-state index in [2.05, 4.69) is 17.4 Å². The zero-order valence-electron chi connectivity index (χ0n) is 17.4. The van der Waals surface area contributed by atoms with E-state index < -0.39 is 0 Å². The average Bonchev–Trinajstić information content (AvgIpc) is 3.18. The molecule has 31 heavy (non-hydrogen) atoms. The molecule has 0 unspecified atom stereocenters. The van der Waals surface area contributed by atoms with E-state index in [1.165, 1.54) is 36.0 Å². The fraction of sp³-hybridized carbons (Fsp3) is 0.240. The van der Waals surface area contributed by atoms with Crippen molar-refractivity contribution in [3.05, 3.63) is 82.0 Å². The van der Waals surface area contributed by atoms with Gasteiger partial charge in [-0.2, -0.15) is 0 Å². The maximum absolute atomic E-state index is 11.7. The third-order valence-electron chi connectivity index (χ3n) is 5.63. The van der Waals surface area contributed by atoms with Crippen molar-refractivity contribution in [3.8, 4) is 0 Å². The lowest BCUT2D eigenvalue weighted by Gasteiger charge is -2.14. The van der Waals surface area contributed by atoms with Crippen LogP contribution in [0.15, 0.2) is 54.6 Å². The van der Waals surface area contributed by atoms with Crippen molar-refractivity contribution in [2.75, 3.05) is 12.4 Å². The van der Waals surface area contributed by atoms with Crippen LogP contribution in [0.1, 0.15) is 45.0 Å². The van der Waals surface area contributed by atoms with Crippen LogP contribution in [0.25, 0.3) is 10.2 Å². The number of fused-ring (bicyclic) bond motifs is 3. The predicted molar refractivity (Wildman–Crippen MR) is 124 cm³/mol. The Morgan fingerprint density at radius 2 is 1.81 bits per heavy atom. The van der Waals surface area contributed by atoms with E-state index >= 15 is 0 Å². The molecule has 0 saturated carbocycles. The van der Waals surface area contributed by atoms with Crippen molar-refractivity contribution in [1.29, 1.82) is 0 Å². The van der Waals surface area contributed by atoms with E-state index in [-0.39, 0.29) is 5.97 Å². The summed E-state index contributed by atoms with van der Waals surface area (Å²) in [5, 5.41) is 4.64. The number of aryl methyl sites for hydroxylation is 2.